The molecule has 246 valence electrons. The molecule has 4 aromatic carbocycles. The van der Waals surface area contributed by atoms with E-state index in [9.17, 15) is 9.90 Å². The Kier molecular flexibility index (Phi) is 6.76. The number of allylic oxidation sites excluding steroid dienone is 2. The number of nitrogens with one attached hydrogen (secondary N) is 3. The number of benzene rings is 4. The third-order valence-corrected chi connectivity index (χ3v) is 12.9. The first kappa shape index (κ1) is 30.7. The number of Topliss-reactive ketones (excluding diaryl/α,β-unsaturated/α-hetero) is 1. The summed E-state index contributed by atoms with van der Waals surface area (Å²) >= 11 is 7.52. The van der Waals surface area contributed by atoms with Crippen LogP contribution in [0.2, 0.25) is 0 Å². The Morgan fingerprint density at radius 2 is 1.29 bits per heavy atom. The van der Waals surface area contributed by atoms with Crippen molar-refractivity contribution in [3.63, 3.8) is 0 Å². The highest BCUT2D eigenvalue weighted by atomic mass is 79.9. The molecule has 4 aromatic rings. The van der Waals surface area contributed by atoms with Gasteiger partial charge in [-0.15, -0.1) is 0 Å². The summed E-state index contributed by atoms with van der Waals surface area (Å²) in [5.41, 5.74) is 3.73. The Bertz CT molecular complexity index is 2260. The van der Waals surface area contributed by atoms with Crippen LogP contribution in [0.4, 0.5) is 17.1 Å². The largest absolute Gasteiger partial charge is 0.506 e. The number of ketones is 1. The Morgan fingerprint density at radius 1 is 0.708 bits per heavy atom. The second-order valence-electron chi connectivity index (χ2n) is 15.7. The first-order chi connectivity index (χ1) is 22.9. The predicted octanol–water partition coefficient (Wildman–Crippen LogP) is 9.41. The molecule has 8 heteroatoms. The number of hydrogen-bond donors (Lipinski definition) is 4. The van der Waals surface area contributed by atoms with Crippen molar-refractivity contribution in [2.24, 2.45) is 28.7 Å². The summed E-state index contributed by atoms with van der Waals surface area (Å²) in [5, 5.41) is 29.3. The summed E-state index contributed by atoms with van der Waals surface area (Å²) in [5.74, 6) is 2.07. The lowest BCUT2D eigenvalue weighted by Crippen LogP contribution is -2.53. The average molecular weight is 769 g/mol. The van der Waals surface area contributed by atoms with E-state index in [0.29, 0.717) is 40.0 Å². The van der Waals surface area contributed by atoms with Crippen LogP contribution in [0.1, 0.15) is 71.8 Å². The molecule has 0 saturated heterocycles. The van der Waals surface area contributed by atoms with Gasteiger partial charge in [0, 0.05) is 52.6 Å². The molecule has 2 saturated carbocycles. The normalized spacial score (nSPS) is 31.8. The second kappa shape index (κ2) is 10.6. The van der Waals surface area contributed by atoms with Gasteiger partial charge in [0.2, 0.25) is 5.78 Å². The molecule has 0 bridgehead atoms. The van der Waals surface area contributed by atoms with Gasteiger partial charge in [-0.1, -0.05) is 83.8 Å². The number of carbonyl (C=O) groups is 1. The molecule has 9 rings (SSSR count). The highest BCUT2D eigenvalue weighted by molar-refractivity contribution is 9.11. The molecule has 2 heterocycles. The van der Waals surface area contributed by atoms with Crippen LogP contribution in [0, 0.1) is 23.7 Å². The molecule has 6 nitrogen and oxygen atoms in total. The number of hydrogen-bond acceptors (Lipinski definition) is 6. The van der Waals surface area contributed by atoms with E-state index >= 15 is 0 Å². The molecular weight excluding hydrogens is 728 g/mol. The molecule has 0 aromatic heterocycles. The Balaban J connectivity index is 1.27. The van der Waals surface area contributed by atoms with Crippen LogP contribution in [0.5, 0.6) is 0 Å². The third-order valence-electron chi connectivity index (χ3n) is 11.5. The monoisotopic (exact) mass is 766 g/mol. The van der Waals surface area contributed by atoms with Gasteiger partial charge in [-0.05, 0) is 86.5 Å². The maximum absolute atomic E-state index is 14.5. The van der Waals surface area contributed by atoms with E-state index in [2.05, 4.69) is 106 Å². The van der Waals surface area contributed by atoms with Gasteiger partial charge in [0.05, 0.1) is 22.2 Å². The zero-order valence-corrected chi connectivity index (χ0v) is 30.9. The van der Waals surface area contributed by atoms with Crippen LogP contribution in [0.15, 0.2) is 68.2 Å². The van der Waals surface area contributed by atoms with Gasteiger partial charge in [0.15, 0.2) is 0 Å². The molecule has 48 heavy (non-hydrogen) atoms. The highest BCUT2D eigenvalue weighted by Gasteiger charge is 2.45. The summed E-state index contributed by atoms with van der Waals surface area (Å²) < 4.78 is 1.98. The van der Waals surface area contributed by atoms with Gasteiger partial charge in [-0.2, -0.15) is 0 Å². The molecule has 2 fully saturated rings. The summed E-state index contributed by atoms with van der Waals surface area (Å²) in [6.07, 6.45) is 6.19. The minimum absolute atomic E-state index is 0.0484. The Morgan fingerprint density at radius 3 is 1.94 bits per heavy atom. The van der Waals surface area contributed by atoms with Crippen LogP contribution in [-0.2, 0) is 4.79 Å². The molecule has 3 aliphatic carbocycles. The van der Waals surface area contributed by atoms with Gasteiger partial charge >= 0.3 is 0 Å². The maximum atomic E-state index is 14.5. The van der Waals surface area contributed by atoms with E-state index in [4.69, 9.17) is 4.99 Å². The number of carbonyl (C=O) groups excluding carboxylic acids is 1. The van der Waals surface area contributed by atoms with Crippen LogP contribution in [0.3, 0.4) is 0 Å². The van der Waals surface area contributed by atoms with E-state index in [1.54, 1.807) is 0 Å². The molecule has 5 aliphatic rings. The average Bonchev–Trinajstić information content (AvgIpc) is 3.01. The fourth-order valence-corrected chi connectivity index (χ4v) is 11.1. The molecule has 2 spiro atoms. The number of rotatable bonds is 1. The van der Waals surface area contributed by atoms with Crippen molar-refractivity contribution in [2.75, 3.05) is 16.0 Å². The van der Waals surface area contributed by atoms with Crippen molar-refractivity contribution in [2.45, 2.75) is 77.5 Å². The molecular formula is C40H40Br2N4O2. The fourth-order valence-electron chi connectivity index (χ4n) is 10.2. The molecule has 2 aliphatic heterocycles. The number of aliphatic hydroxyl groups excluding tert-OH is 1. The maximum Gasteiger partial charge on any atom is 0.201 e. The van der Waals surface area contributed by atoms with Crippen molar-refractivity contribution in [1.82, 2.24) is 0 Å². The minimum Gasteiger partial charge on any atom is -0.506 e. The molecule has 0 amide bonds. The second-order valence-corrected chi connectivity index (χ2v) is 17.4. The van der Waals surface area contributed by atoms with Crippen molar-refractivity contribution < 1.29 is 9.90 Å². The van der Waals surface area contributed by atoms with Crippen LogP contribution < -0.4 is 26.5 Å². The van der Waals surface area contributed by atoms with Gasteiger partial charge in [0.25, 0.3) is 0 Å². The molecule has 4 unspecified atom stereocenters. The van der Waals surface area contributed by atoms with Crippen molar-refractivity contribution in [3.8, 4) is 0 Å². The Hall–Kier alpha value is -3.36. The van der Waals surface area contributed by atoms with Gasteiger partial charge in [-0.25, -0.2) is 0 Å². The zero-order chi connectivity index (χ0) is 33.3. The smallest absolute Gasteiger partial charge is 0.201 e. The van der Waals surface area contributed by atoms with Crippen LogP contribution >= 0.6 is 31.9 Å². The molecule has 0 radical (unpaired) electrons. The fraction of sp³-hybridized carbons (Fsp3) is 0.400. The minimum atomic E-state index is -0.442. The zero-order valence-electron chi connectivity index (χ0n) is 27.7. The van der Waals surface area contributed by atoms with E-state index in [1.807, 2.05) is 18.2 Å². The van der Waals surface area contributed by atoms with E-state index in [1.165, 1.54) is 12.8 Å². The first-order valence-electron chi connectivity index (χ1n) is 17.4. The number of aliphatic hydroxyl groups is 1. The summed E-state index contributed by atoms with van der Waals surface area (Å²) in [7, 11) is 0. The van der Waals surface area contributed by atoms with Crippen molar-refractivity contribution >= 4 is 87.4 Å². The highest BCUT2D eigenvalue weighted by Crippen LogP contribution is 2.51. The standard InChI is InChI=1S/C40H40Br2N4O2/c1-19-13-20(2)16-39(15-19)43-29-11-9-27(41)23-5-7-25(35(45-39)31(23)29)33-37(47)34(38(33)48)26-8-6-24-28(42)10-12-30-32(24)36(26)46-40(44-30)17-21(3)14-22(4)18-40/h5-12,19-22,43-45,47H,13-18H2,1-4H3. The third kappa shape index (κ3) is 4.47. The summed E-state index contributed by atoms with van der Waals surface area (Å²) in [6.45, 7) is 9.26. The lowest BCUT2D eigenvalue weighted by molar-refractivity contribution is -0.109. The quantitative estimate of drug-likeness (QED) is 0.155. The molecule has 4 N–H and O–H groups in total. The van der Waals surface area contributed by atoms with Crippen molar-refractivity contribution in [3.05, 3.63) is 79.4 Å². The van der Waals surface area contributed by atoms with E-state index in [-0.39, 0.29) is 17.2 Å². The first-order valence-corrected chi connectivity index (χ1v) is 19.0. The van der Waals surface area contributed by atoms with Crippen LogP contribution in [-0.4, -0.2) is 22.2 Å². The van der Waals surface area contributed by atoms with Gasteiger partial charge in [-0.3, -0.25) is 9.79 Å². The van der Waals surface area contributed by atoms with Gasteiger partial charge in [0.1, 0.15) is 17.1 Å². The topological polar surface area (TPSA) is 85.8 Å². The van der Waals surface area contributed by atoms with E-state index in [0.717, 1.165) is 84.2 Å². The number of anilines is 3. The Labute approximate surface area is 297 Å². The predicted molar refractivity (Wildman–Crippen MR) is 203 cm³/mol. The van der Waals surface area contributed by atoms with Crippen LogP contribution in [0.25, 0.3) is 32.7 Å². The van der Waals surface area contributed by atoms with Gasteiger partial charge < -0.3 is 21.1 Å². The lowest BCUT2D eigenvalue weighted by Gasteiger charge is -2.48. The number of nitrogens with zero attached hydrogens (tertiary/aromatic N) is 1. The van der Waals surface area contributed by atoms with Crippen molar-refractivity contribution in [1.29, 1.82) is 0 Å². The lowest BCUT2D eigenvalue weighted by atomic mass is 9.74. The van der Waals surface area contributed by atoms with E-state index < -0.39 is 5.66 Å². The summed E-state index contributed by atoms with van der Waals surface area (Å²) in [6, 6.07) is 16.5. The summed E-state index contributed by atoms with van der Waals surface area (Å²) in [4.78, 5) is 20.0. The molecule has 4 atom stereocenters. The number of halogens is 2. The SMILES string of the molecule is CC1CC(C)CC2(C1)N=c1c(=C3C(=O)C(c4ccc5c(Br)ccc6c5c4NC4(CC(C)CC(C)C4)N6)=C3O)ccc3c(Br)ccc(c13)N2.